The van der Waals surface area contributed by atoms with Crippen molar-refractivity contribution in [3.63, 3.8) is 0 Å². The number of nitrogens with zero attached hydrogens (tertiary/aromatic N) is 4. The molecule has 0 fully saturated rings. The van der Waals surface area contributed by atoms with Gasteiger partial charge in [-0.05, 0) is 19.9 Å². The Morgan fingerprint density at radius 3 is 2.75 bits per heavy atom. The number of aryl methyl sites for hydroxylation is 2. The minimum Gasteiger partial charge on any atom is -0.258 e. The van der Waals surface area contributed by atoms with Gasteiger partial charge in [0.05, 0.1) is 16.7 Å². The molecule has 2 aromatic rings. The summed E-state index contributed by atoms with van der Waals surface area (Å²) in [6, 6.07) is 3.23. The fourth-order valence-electron chi connectivity index (χ4n) is 1.37. The molecule has 6 nitrogen and oxygen atoms in total. The molecule has 0 aliphatic rings. The first-order chi connectivity index (χ1) is 7.58. The molecule has 0 N–H and O–H groups in total. The first-order valence-electron chi connectivity index (χ1n) is 4.71. The zero-order chi connectivity index (χ0) is 11.7. The van der Waals surface area contributed by atoms with Crippen molar-refractivity contribution in [2.24, 2.45) is 0 Å². The quantitative estimate of drug-likeness (QED) is 0.569. The topological polar surface area (TPSA) is 73.8 Å². The molecule has 0 aromatic carbocycles. The molecular weight excluding hydrogens is 208 g/mol. The molecule has 0 aliphatic heterocycles. The molecule has 0 aliphatic carbocycles. The van der Waals surface area contributed by atoms with E-state index in [9.17, 15) is 10.1 Å². The number of hydrogen-bond acceptors (Lipinski definition) is 4. The Bertz CT molecular complexity index is 548. The van der Waals surface area contributed by atoms with E-state index in [1.54, 1.807) is 13.1 Å². The Balaban J connectivity index is 2.51. The molecule has 0 amide bonds. The Morgan fingerprint density at radius 2 is 2.19 bits per heavy atom. The minimum atomic E-state index is -0.420. The average Bonchev–Trinajstić information content (AvgIpc) is 2.65. The van der Waals surface area contributed by atoms with Crippen LogP contribution >= 0.6 is 0 Å². The van der Waals surface area contributed by atoms with Gasteiger partial charge in [0.1, 0.15) is 0 Å². The van der Waals surface area contributed by atoms with Crippen LogP contribution in [0.2, 0.25) is 0 Å². The molecule has 0 spiro atoms. The standard InChI is InChI=1S/C10H10N4O2/c1-7-6-11-10(5-9(7)14(15)16)13-4-3-8(2)12-13/h3-6H,1-2H3. The summed E-state index contributed by atoms with van der Waals surface area (Å²) in [6.45, 7) is 3.50. The van der Waals surface area contributed by atoms with E-state index in [2.05, 4.69) is 10.1 Å². The number of pyridine rings is 1. The first kappa shape index (κ1) is 10.3. The molecule has 0 atom stereocenters. The van der Waals surface area contributed by atoms with Gasteiger partial charge in [0.2, 0.25) is 0 Å². The van der Waals surface area contributed by atoms with Crippen LogP contribution in [0.15, 0.2) is 24.5 Å². The SMILES string of the molecule is Cc1ccn(-c2cc([N+](=O)[O-])c(C)cn2)n1. The molecule has 6 heteroatoms. The minimum absolute atomic E-state index is 0.0538. The summed E-state index contributed by atoms with van der Waals surface area (Å²) >= 11 is 0. The van der Waals surface area contributed by atoms with Crippen molar-refractivity contribution in [3.05, 3.63) is 45.9 Å². The predicted molar refractivity (Wildman–Crippen MR) is 57.5 cm³/mol. The second-order valence-electron chi connectivity index (χ2n) is 3.49. The van der Waals surface area contributed by atoms with Crippen molar-refractivity contribution < 1.29 is 4.92 Å². The van der Waals surface area contributed by atoms with Gasteiger partial charge >= 0.3 is 0 Å². The highest BCUT2D eigenvalue weighted by molar-refractivity contribution is 5.43. The highest BCUT2D eigenvalue weighted by Gasteiger charge is 2.13. The average molecular weight is 218 g/mol. The van der Waals surface area contributed by atoms with Crippen LogP contribution in [0, 0.1) is 24.0 Å². The Labute approximate surface area is 91.7 Å². The van der Waals surface area contributed by atoms with Crippen LogP contribution in [0.25, 0.3) is 5.82 Å². The summed E-state index contributed by atoms with van der Waals surface area (Å²) in [7, 11) is 0. The zero-order valence-corrected chi connectivity index (χ0v) is 8.91. The summed E-state index contributed by atoms with van der Waals surface area (Å²) in [5.41, 5.74) is 1.43. The van der Waals surface area contributed by atoms with E-state index in [0.29, 0.717) is 11.4 Å². The molecule has 0 saturated heterocycles. The Hall–Kier alpha value is -2.24. The van der Waals surface area contributed by atoms with Gasteiger partial charge in [-0.15, -0.1) is 0 Å². The summed E-state index contributed by atoms with van der Waals surface area (Å²) in [5, 5.41) is 14.9. The number of rotatable bonds is 2. The van der Waals surface area contributed by atoms with Gasteiger partial charge in [0.15, 0.2) is 5.82 Å². The third kappa shape index (κ3) is 1.77. The Morgan fingerprint density at radius 1 is 1.44 bits per heavy atom. The summed E-state index contributed by atoms with van der Waals surface area (Å²) in [5.74, 6) is 0.449. The van der Waals surface area contributed by atoms with Crippen molar-refractivity contribution in [1.82, 2.24) is 14.8 Å². The molecule has 0 saturated carbocycles. The third-order valence-electron chi connectivity index (χ3n) is 2.21. The molecular formula is C10H10N4O2. The molecule has 16 heavy (non-hydrogen) atoms. The van der Waals surface area contributed by atoms with E-state index >= 15 is 0 Å². The summed E-state index contributed by atoms with van der Waals surface area (Å²) in [4.78, 5) is 14.4. The number of hydrogen-bond donors (Lipinski definition) is 0. The van der Waals surface area contributed by atoms with Gasteiger partial charge in [-0.2, -0.15) is 5.10 Å². The fourth-order valence-corrected chi connectivity index (χ4v) is 1.37. The van der Waals surface area contributed by atoms with Crippen LogP contribution in [-0.4, -0.2) is 19.7 Å². The van der Waals surface area contributed by atoms with E-state index in [-0.39, 0.29) is 5.69 Å². The monoisotopic (exact) mass is 218 g/mol. The predicted octanol–water partition coefficient (Wildman–Crippen LogP) is 1.79. The van der Waals surface area contributed by atoms with Gasteiger partial charge in [0.25, 0.3) is 5.69 Å². The van der Waals surface area contributed by atoms with Gasteiger partial charge in [0, 0.05) is 18.0 Å². The highest BCUT2D eigenvalue weighted by atomic mass is 16.6. The number of nitro groups is 1. The van der Waals surface area contributed by atoms with E-state index in [1.807, 2.05) is 13.0 Å². The van der Waals surface area contributed by atoms with Gasteiger partial charge in [-0.25, -0.2) is 9.67 Å². The maximum absolute atomic E-state index is 10.8. The second kappa shape index (κ2) is 3.73. The normalized spacial score (nSPS) is 10.4. The van der Waals surface area contributed by atoms with Gasteiger partial charge < -0.3 is 0 Å². The van der Waals surface area contributed by atoms with Crippen LogP contribution < -0.4 is 0 Å². The van der Waals surface area contributed by atoms with Crippen molar-refractivity contribution in [2.75, 3.05) is 0 Å². The fraction of sp³-hybridized carbons (Fsp3) is 0.200. The second-order valence-corrected chi connectivity index (χ2v) is 3.49. The van der Waals surface area contributed by atoms with Crippen LogP contribution in [0.3, 0.4) is 0 Å². The van der Waals surface area contributed by atoms with Gasteiger partial charge in [-0.3, -0.25) is 10.1 Å². The van der Waals surface area contributed by atoms with Crippen molar-refractivity contribution >= 4 is 5.69 Å². The largest absolute Gasteiger partial charge is 0.277 e. The van der Waals surface area contributed by atoms with Crippen molar-refractivity contribution in [3.8, 4) is 5.82 Å². The summed E-state index contributed by atoms with van der Waals surface area (Å²) < 4.78 is 1.52. The van der Waals surface area contributed by atoms with Crippen LogP contribution in [0.5, 0.6) is 0 Å². The third-order valence-corrected chi connectivity index (χ3v) is 2.21. The van der Waals surface area contributed by atoms with Gasteiger partial charge in [-0.1, -0.05) is 0 Å². The molecule has 2 aromatic heterocycles. The molecule has 82 valence electrons. The lowest BCUT2D eigenvalue weighted by molar-refractivity contribution is -0.385. The lowest BCUT2D eigenvalue weighted by atomic mass is 10.2. The number of aromatic nitrogens is 3. The maximum atomic E-state index is 10.8. The van der Waals surface area contributed by atoms with E-state index in [4.69, 9.17) is 0 Å². The molecule has 0 bridgehead atoms. The molecule has 0 unspecified atom stereocenters. The van der Waals surface area contributed by atoms with Crippen LogP contribution in [0.1, 0.15) is 11.3 Å². The van der Waals surface area contributed by atoms with Crippen LogP contribution in [0.4, 0.5) is 5.69 Å². The van der Waals surface area contributed by atoms with Crippen molar-refractivity contribution in [2.45, 2.75) is 13.8 Å². The molecule has 2 rings (SSSR count). The molecule has 0 radical (unpaired) electrons. The smallest absolute Gasteiger partial charge is 0.258 e. The summed E-state index contributed by atoms with van der Waals surface area (Å²) in [6.07, 6.45) is 3.20. The highest BCUT2D eigenvalue weighted by Crippen LogP contribution is 2.18. The van der Waals surface area contributed by atoms with E-state index < -0.39 is 4.92 Å². The first-order valence-corrected chi connectivity index (χ1v) is 4.71. The van der Waals surface area contributed by atoms with E-state index in [0.717, 1.165) is 5.69 Å². The lowest BCUT2D eigenvalue weighted by Crippen LogP contribution is -2.01. The van der Waals surface area contributed by atoms with Crippen LogP contribution in [-0.2, 0) is 0 Å². The zero-order valence-electron chi connectivity index (χ0n) is 8.91. The maximum Gasteiger partial charge on any atom is 0.277 e. The molecule has 2 heterocycles. The van der Waals surface area contributed by atoms with E-state index in [1.165, 1.54) is 16.9 Å². The Kier molecular flexibility index (Phi) is 2.40. The lowest BCUT2D eigenvalue weighted by Gasteiger charge is -2.01. The van der Waals surface area contributed by atoms with Crippen molar-refractivity contribution in [1.29, 1.82) is 0 Å².